The average Bonchev–Trinajstić information content (AvgIpc) is 2.32. The van der Waals surface area contributed by atoms with Crippen molar-refractivity contribution in [1.29, 1.82) is 0 Å². The normalized spacial score (nSPS) is 24.9. The Morgan fingerprint density at radius 3 is 1.65 bits per heavy atom. The van der Waals surface area contributed by atoms with Crippen LogP contribution in [0.1, 0.15) is 34.6 Å². The summed E-state index contributed by atoms with van der Waals surface area (Å²) in [6.45, 7) is 7.24. The first kappa shape index (κ1) is 14.5. The van der Waals surface area contributed by atoms with Gasteiger partial charge in [-0.05, 0) is 34.6 Å². The van der Waals surface area contributed by atoms with Gasteiger partial charge < -0.3 is 9.31 Å². The molecule has 0 spiro atoms. The van der Waals surface area contributed by atoms with Crippen LogP contribution in [0.25, 0.3) is 0 Å². The summed E-state index contributed by atoms with van der Waals surface area (Å²) in [6, 6.07) is 0. The number of alkyl halides is 3. The summed E-state index contributed by atoms with van der Waals surface area (Å²) < 4.78 is 61.0. The quantitative estimate of drug-likeness (QED) is 0.527. The Morgan fingerprint density at radius 2 is 1.35 bits per heavy atom. The second-order valence-corrected chi connectivity index (χ2v) is 5.06. The molecule has 1 aliphatic rings. The average molecular weight is 254 g/mol. The molecule has 1 fully saturated rings. The van der Waals surface area contributed by atoms with Crippen LogP contribution in [0.5, 0.6) is 0 Å². The van der Waals surface area contributed by atoms with Crippen LogP contribution < -0.4 is 0 Å². The van der Waals surface area contributed by atoms with Crippen molar-refractivity contribution in [2.24, 2.45) is 0 Å². The molecule has 0 radical (unpaired) electrons. The van der Waals surface area contributed by atoms with Crippen molar-refractivity contribution in [2.45, 2.75) is 52.0 Å². The van der Waals surface area contributed by atoms with Gasteiger partial charge in [0.2, 0.25) is 0 Å². The fourth-order valence-corrected chi connectivity index (χ4v) is 1.26. The first-order valence-electron chi connectivity index (χ1n) is 5.17. The molecule has 0 aromatic rings. The van der Waals surface area contributed by atoms with Gasteiger partial charge in [-0.2, -0.15) is 13.2 Å². The fraction of sp³-hybridized carbons (Fsp3) is 0.800. The van der Waals surface area contributed by atoms with E-state index in [1.807, 2.05) is 0 Å². The van der Waals surface area contributed by atoms with Crippen LogP contribution in [-0.2, 0) is 9.31 Å². The van der Waals surface area contributed by atoms with Crippen LogP contribution in [0.2, 0.25) is 0 Å². The fourth-order valence-electron chi connectivity index (χ4n) is 1.26. The molecule has 1 aliphatic heterocycles. The lowest BCUT2D eigenvalue weighted by molar-refractivity contribution is -0.0929. The molecule has 1 heterocycles. The molecule has 0 N–H and O–H groups in total. The van der Waals surface area contributed by atoms with Gasteiger partial charge in [0, 0.05) is 0 Å². The predicted octanol–water partition coefficient (Wildman–Crippen LogP) is 3.42. The van der Waals surface area contributed by atoms with E-state index in [1.165, 1.54) is 0 Å². The SMILES string of the molecule is CC(=C(F)B1OC(C)(C)C(C)(C)O1)C(F)(F)F. The Labute approximate surface area is 98.1 Å². The zero-order chi connectivity index (χ0) is 13.6. The van der Waals surface area contributed by atoms with Gasteiger partial charge in [0.1, 0.15) is 5.73 Å². The topological polar surface area (TPSA) is 18.5 Å². The largest absolute Gasteiger partial charge is 0.525 e. The Kier molecular flexibility index (Phi) is 3.40. The third-order valence-electron chi connectivity index (χ3n) is 3.24. The van der Waals surface area contributed by atoms with Crippen molar-refractivity contribution in [3.63, 3.8) is 0 Å². The van der Waals surface area contributed by atoms with Gasteiger partial charge in [-0.3, -0.25) is 0 Å². The number of hydrogen-bond acceptors (Lipinski definition) is 2. The van der Waals surface area contributed by atoms with Crippen molar-refractivity contribution in [2.75, 3.05) is 0 Å². The summed E-state index contributed by atoms with van der Waals surface area (Å²) in [7, 11) is -1.60. The third kappa shape index (κ3) is 2.65. The standard InChI is InChI=1S/C10H15BF4O2/c1-6(10(13,14)15)7(12)11-16-8(2,3)9(4,5)17-11/h1-5H3. The van der Waals surface area contributed by atoms with Crippen LogP contribution in [0.15, 0.2) is 11.3 Å². The summed E-state index contributed by atoms with van der Waals surface area (Å²) >= 11 is 0. The lowest BCUT2D eigenvalue weighted by atomic mass is 9.85. The molecule has 0 amide bonds. The van der Waals surface area contributed by atoms with Gasteiger partial charge in [0.25, 0.3) is 0 Å². The highest BCUT2D eigenvalue weighted by molar-refractivity contribution is 6.53. The van der Waals surface area contributed by atoms with Crippen molar-refractivity contribution >= 4 is 7.12 Å². The van der Waals surface area contributed by atoms with Crippen LogP contribution >= 0.6 is 0 Å². The molecule has 0 aliphatic carbocycles. The van der Waals surface area contributed by atoms with Crippen molar-refractivity contribution in [1.82, 2.24) is 0 Å². The number of allylic oxidation sites excluding steroid dienone is 1. The van der Waals surface area contributed by atoms with Gasteiger partial charge in [0.05, 0.1) is 16.8 Å². The van der Waals surface area contributed by atoms with E-state index in [1.54, 1.807) is 27.7 Å². The Morgan fingerprint density at radius 1 is 1.00 bits per heavy atom. The number of halogens is 4. The zero-order valence-corrected chi connectivity index (χ0v) is 10.4. The highest BCUT2D eigenvalue weighted by atomic mass is 19.4. The zero-order valence-electron chi connectivity index (χ0n) is 10.4. The second-order valence-electron chi connectivity index (χ2n) is 5.06. The molecule has 17 heavy (non-hydrogen) atoms. The predicted molar refractivity (Wildman–Crippen MR) is 55.9 cm³/mol. The van der Waals surface area contributed by atoms with E-state index in [-0.39, 0.29) is 0 Å². The minimum Gasteiger partial charge on any atom is -0.398 e. The molecular formula is C10H15BF4O2. The molecule has 7 heteroatoms. The molecule has 0 aromatic heterocycles. The van der Waals surface area contributed by atoms with E-state index in [0.717, 1.165) is 0 Å². The number of rotatable bonds is 1. The van der Waals surface area contributed by atoms with Gasteiger partial charge in [-0.25, -0.2) is 4.39 Å². The van der Waals surface area contributed by atoms with Crippen LogP contribution in [-0.4, -0.2) is 24.5 Å². The van der Waals surface area contributed by atoms with Crippen molar-refractivity contribution < 1.29 is 26.9 Å². The summed E-state index contributed by atoms with van der Waals surface area (Å²) in [6.07, 6.45) is -4.71. The Bertz CT molecular complexity index is 331. The maximum atomic E-state index is 13.6. The first-order valence-corrected chi connectivity index (χ1v) is 5.17. The molecule has 0 saturated carbocycles. The molecule has 2 nitrogen and oxygen atoms in total. The van der Waals surface area contributed by atoms with Gasteiger partial charge in [0.15, 0.2) is 0 Å². The Balaban J connectivity index is 3.00. The van der Waals surface area contributed by atoms with Crippen LogP contribution in [0.4, 0.5) is 17.6 Å². The van der Waals surface area contributed by atoms with Gasteiger partial charge in [-0.1, -0.05) is 0 Å². The number of hydrogen-bond donors (Lipinski definition) is 0. The maximum Gasteiger partial charge on any atom is 0.525 e. The van der Waals surface area contributed by atoms with E-state index in [2.05, 4.69) is 0 Å². The van der Waals surface area contributed by atoms with E-state index in [0.29, 0.717) is 6.92 Å². The molecule has 1 rings (SSSR count). The van der Waals surface area contributed by atoms with Crippen LogP contribution in [0, 0.1) is 0 Å². The molecule has 0 atom stereocenters. The van der Waals surface area contributed by atoms with Crippen molar-refractivity contribution in [3.8, 4) is 0 Å². The van der Waals surface area contributed by atoms with Crippen LogP contribution in [0.3, 0.4) is 0 Å². The minimum absolute atomic E-state index is 0.667. The Hall–Kier alpha value is -0.555. The molecule has 0 unspecified atom stereocenters. The first-order chi connectivity index (χ1) is 7.38. The highest BCUT2D eigenvalue weighted by Crippen LogP contribution is 2.40. The lowest BCUT2D eigenvalue weighted by Crippen LogP contribution is -2.41. The summed E-state index contributed by atoms with van der Waals surface area (Å²) in [5.74, 6) is 0. The summed E-state index contributed by atoms with van der Waals surface area (Å²) in [5, 5.41) is 0. The van der Waals surface area contributed by atoms with E-state index >= 15 is 0 Å². The molecule has 98 valence electrons. The molecule has 1 saturated heterocycles. The van der Waals surface area contributed by atoms with Gasteiger partial charge >= 0.3 is 13.3 Å². The van der Waals surface area contributed by atoms with E-state index < -0.39 is 35.8 Å². The van der Waals surface area contributed by atoms with E-state index in [4.69, 9.17) is 9.31 Å². The second kappa shape index (κ2) is 3.98. The minimum atomic E-state index is -4.71. The summed E-state index contributed by atoms with van der Waals surface area (Å²) in [5.41, 5.74) is -4.46. The molecule has 0 aromatic carbocycles. The van der Waals surface area contributed by atoms with Crippen molar-refractivity contribution in [3.05, 3.63) is 11.3 Å². The maximum absolute atomic E-state index is 13.6. The van der Waals surface area contributed by atoms with Gasteiger partial charge in [-0.15, -0.1) is 0 Å². The third-order valence-corrected chi connectivity index (χ3v) is 3.24. The highest BCUT2D eigenvalue weighted by Gasteiger charge is 2.54. The molecular weight excluding hydrogens is 239 g/mol. The van der Waals surface area contributed by atoms with E-state index in [9.17, 15) is 17.6 Å². The lowest BCUT2D eigenvalue weighted by Gasteiger charge is -2.32. The monoisotopic (exact) mass is 254 g/mol. The summed E-state index contributed by atoms with van der Waals surface area (Å²) in [4.78, 5) is 0. The smallest absolute Gasteiger partial charge is 0.398 e. The molecule has 0 bridgehead atoms.